The summed E-state index contributed by atoms with van der Waals surface area (Å²) in [5.74, 6) is -1.94. The van der Waals surface area contributed by atoms with Gasteiger partial charge >= 0.3 is 41.5 Å². The molecule has 0 atom stereocenters. The molecule has 0 saturated heterocycles. The van der Waals surface area contributed by atoms with E-state index in [9.17, 15) is 22.6 Å². The molecule has 0 unspecified atom stereocenters. The zero-order chi connectivity index (χ0) is 31.4. The Morgan fingerprint density at radius 3 is 1.16 bits per heavy atom. The van der Waals surface area contributed by atoms with E-state index >= 15 is 0 Å². The molecule has 0 aliphatic rings. The van der Waals surface area contributed by atoms with Gasteiger partial charge in [-0.1, -0.05) is 154 Å². The molecule has 0 aromatic heterocycles. The van der Waals surface area contributed by atoms with Crippen LogP contribution in [-0.4, -0.2) is 43.9 Å². The smallest absolute Gasteiger partial charge is 0.748 e. The van der Waals surface area contributed by atoms with E-state index in [1.165, 1.54) is 134 Å². The summed E-state index contributed by atoms with van der Waals surface area (Å²) < 4.78 is 42.4. The summed E-state index contributed by atoms with van der Waals surface area (Å²) in [6, 6.07) is 6.20. The van der Waals surface area contributed by atoms with E-state index in [0.717, 1.165) is 19.3 Å². The van der Waals surface area contributed by atoms with Gasteiger partial charge in [0.25, 0.3) is 0 Å². The normalized spacial score (nSPS) is 11.2. The first-order valence-electron chi connectivity index (χ1n) is 17.2. The molecule has 0 aliphatic carbocycles. The third-order valence-electron chi connectivity index (χ3n) is 7.87. The maximum absolute atomic E-state index is 12.5. The molecule has 248 valence electrons. The summed E-state index contributed by atoms with van der Waals surface area (Å²) in [5.41, 5.74) is 0.175. The van der Waals surface area contributed by atoms with Gasteiger partial charge in [0.1, 0.15) is 0 Å². The summed E-state index contributed by atoms with van der Waals surface area (Å²) >= 11 is 0. The van der Waals surface area contributed by atoms with E-state index in [0.29, 0.717) is 6.61 Å². The quantitative estimate of drug-likeness (QED) is 0.0421. The molecule has 1 aromatic carbocycles. The van der Waals surface area contributed by atoms with Crippen LogP contribution in [0.4, 0.5) is 0 Å². The van der Waals surface area contributed by atoms with E-state index in [1.807, 2.05) is 0 Å². The van der Waals surface area contributed by atoms with Gasteiger partial charge in [0.2, 0.25) is 0 Å². The molecule has 0 saturated carbocycles. The van der Waals surface area contributed by atoms with E-state index < -0.39 is 27.8 Å². The Bertz CT molecular complexity index is 952. The van der Waals surface area contributed by atoms with Crippen LogP contribution < -0.4 is 29.6 Å². The van der Waals surface area contributed by atoms with Crippen molar-refractivity contribution in [2.24, 2.45) is 0 Å². The first-order valence-corrected chi connectivity index (χ1v) is 18.8. The predicted octanol–water partition coefficient (Wildman–Crippen LogP) is 6.54. The largest absolute Gasteiger partial charge is 1.00 e. The second-order valence-corrected chi connectivity index (χ2v) is 13.4. The molecule has 0 spiro atoms. The average Bonchev–Trinajstić information content (AvgIpc) is 2.99. The number of unbranched alkanes of at least 4 members (excludes halogenated alkanes) is 21. The first-order chi connectivity index (χ1) is 20.8. The Morgan fingerprint density at radius 1 is 0.545 bits per heavy atom. The number of hydrogen-bond acceptors (Lipinski definition) is 7. The number of carbonyl (C=O) groups is 2. The fraction of sp³-hybridized carbons (Fsp3) is 0.771. The van der Waals surface area contributed by atoms with Crippen molar-refractivity contribution < 1.29 is 61.6 Å². The van der Waals surface area contributed by atoms with Crippen LogP contribution in [0.5, 0.6) is 0 Å². The molecule has 1 aromatic rings. The van der Waals surface area contributed by atoms with Gasteiger partial charge in [-0.25, -0.2) is 18.0 Å². The van der Waals surface area contributed by atoms with E-state index in [2.05, 4.69) is 6.92 Å². The third-order valence-corrected chi connectivity index (χ3v) is 8.66. The van der Waals surface area contributed by atoms with Crippen LogP contribution in [0.3, 0.4) is 0 Å². The van der Waals surface area contributed by atoms with Crippen LogP contribution in [0.2, 0.25) is 0 Å². The number of rotatable bonds is 29. The summed E-state index contributed by atoms with van der Waals surface area (Å²) in [5, 5.41) is 0. The maximum atomic E-state index is 12.5. The topological polar surface area (TPSA) is 110 Å². The molecular weight excluding hydrogens is 587 g/mol. The molecular formula is C35H59NaO7S. The molecule has 7 nitrogen and oxygen atoms in total. The standard InChI is InChI=1S/C35H60O7S.Na/c1-2-3-4-5-6-7-8-9-10-11-12-13-14-15-16-17-18-19-20-21-22-25-29-41-34(36)32-27-23-24-28-33(32)35(37)42-30-26-31-43(38,39)40;/h23-24,27-28H,2-22,25-26,29-31H2,1H3,(H,38,39,40);/q;+1/p-1. The summed E-state index contributed by atoms with van der Waals surface area (Å²) in [7, 11) is -4.36. The van der Waals surface area contributed by atoms with Crippen molar-refractivity contribution in [3.05, 3.63) is 35.4 Å². The van der Waals surface area contributed by atoms with Gasteiger partial charge in [0.05, 0.1) is 34.5 Å². The summed E-state index contributed by atoms with van der Waals surface area (Å²) in [6.07, 6.45) is 29.0. The minimum Gasteiger partial charge on any atom is -0.748 e. The fourth-order valence-electron chi connectivity index (χ4n) is 5.27. The minimum absolute atomic E-state index is 0. The van der Waals surface area contributed by atoms with Crippen molar-refractivity contribution in [2.75, 3.05) is 19.0 Å². The molecule has 0 fully saturated rings. The zero-order valence-electron chi connectivity index (χ0n) is 28.0. The third kappa shape index (κ3) is 25.3. The maximum Gasteiger partial charge on any atom is 1.00 e. The van der Waals surface area contributed by atoms with Crippen molar-refractivity contribution in [1.82, 2.24) is 0 Å². The van der Waals surface area contributed by atoms with E-state index in [1.54, 1.807) is 12.1 Å². The Balaban J connectivity index is 0.0000185. The zero-order valence-corrected chi connectivity index (χ0v) is 30.8. The van der Waals surface area contributed by atoms with Gasteiger partial charge in [-0.15, -0.1) is 0 Å². The monoisotopic (exact) mass is 646 g/mol. The Hall–Kier alpha value is -0.930. The molecule has 0 radical (unpaired) electrons. The van der Waals surface area contributed by atoms with Crippen LogP contribution >= 0.6 is 0 Å². The van der Waals surface area contributed by atoms with Gasteiger partial charge in [0, 0.05) is 5.75 Å². The Morgan fingerprint density at radius 2 is 0.841 bits per heavy atom. The number of hydrogen-bond donors (Lipinski definition) is 0. The summed E-state index contributed by atoms with van der Waals surface area (Å²) in [4.78, 5) is 24.8. The van der Waals surface area contributed by atoms with Crippen LogP contribution in [0.25, 0.3) is 0 Å². The molecule has 0 amide bonds. The van der Waals surface area contributed by atoms with Crippen LogP contribution in [0, 0.1) is 0 Å². The van der Waals surface area contributed by atoms with E-state index in [-0.39, 0.29) is 53.7 Å². The average molecular weight is 647 g/mol. The fourth-order valence-corrected chi connectivity index (χ4v) is 5.74. The minimum atomic E-state index is -4.36. The van der Waals surface area contributed by atoms with Crippen molar-refractivity contribution in [1.29, 1.82) is 0 Å². The number of esters is 2. The Kier molecular flexibility index (Phi) is 28.8. The SMILES string of the molecule is CCCCCCCCCCCCCCCCCCCCCCCCOC(=O)c1ccccc1C(=O)OCCCS(=O)(=O)[O-].[Na+]. The Labute approximate surface area is 291 Å². The molecule has 44 heavy (non-hydrogen) atoms. The van der Waals surface area contributed by atoms with Crippen LogP contribution in [0.15, 0.2) is 24.3 Å². The number of carbonyl (C=O) groups excluding carboxylic acids is 2. The van der Waals surface area contributed by atoms with Crippen molar-refractivity contribution in [2.45, 2.75) is 155 Å². The van der Waals surface area contributed by atoms with Crippen LogP contribution in [0.1, 0.15) is 175 Å². The molecule has 1 rings (SSSR count). The molecule has 0 heterocycles. The number of benzene rings is 1. The van der Waals surface area contributed by atoms with Crippen LogP contribution in [-0.2, 0) is 19.6 Å². The van der Waals surface area contributed by atoms with E-state index in [4.69, 9.17) is 9.47 Å². The second-order valence-electron chi connectivity index (χ2n) is 11.9. The first kappa shape index (κ1) is 43.1. The summed E-state index contributed by atoms with van der Waals surface area (Å²) in [6.45, 7) is 2.35. The molecule has 0 aliphatic heterocycles. The predicted molar refractivity (Wildman–Crippen MR) is 173 cm³/mol. The van der Waals surface area contributed by atoms with Crippen molar-refractivity contribution >= 4 is 22.1 Å². The molecule has 0 bridgehead atoms. The molecule has 0 N–H and O–H groups in total. The van der Waals surface area contributed by atoms with Crippen molar-refractivity contribution in [3.63, 3.8) is 0 Å². The second kappa shape index (κ2) is 29.5. The number of ether oxygens (including phenoxy) is 2. The van der Waals surface area contributed by atoms with Gasteiger partial charge < -0.3 is 14.0 Å². The van der Waals surface area contributed by atoms with Gasteiger partial charge in [0.15, 0.2) is 0 Å². The van der Waals surface area contributed by atoms with Gasteiger partial charge in [-0.2, -0.15) is 0 Å². The van der Waals surface area contributed by atoms with Gasteiger partial charge in [-0.3, -0.25) is 0 Å². The van der Waals surface area contributed by atoms with Gasteiger partial charge in [-0.05, 0) is 25.0 Å². The van der Waals surface area contributed by atoms with Crippen molar-refractivity contribution in [3.8, 4) is 0 Å². The molecule has 9 heteroatoms.